The van der Waals surface area contributed by atoms with Crippen LogP contribution < -0.4 is 14.8 Å². The molecule has 7 nitrogen and oxygen atoms in total. The van der Waals surface area contributed by atoms with Crippen molar-refractivity contribution in [2.45, 2.75) is 6.92 Å². The van der Waals surface area contributed by atoms with E-state index in [1.165, 1.54) is 6.07 Å². The lowest BCUT2D eigenvalue weighted by molar-refractivity contribution is -0.119. The number of aryl methyl sites for hydroxylation is 1. The van der Waals surface area contributed by atoms with Gasteiger partial charge >= 0.3 is 5.97 Å². The Kier molecular flexibility index (Phi) is 4.09. The van der Waals surface area contributed by atoms with Gasteiger partial charge in [0.2, 0.25) is 6.79 Å². The van der Waals surface area contributed by atoms with Crippen LogP contribution in [0.25, 0.3) is 0 Å². The number of anilines is 1. The van der Waals surface area contributed by atoms with Crippen molar-refractivity contribution in [1.82, 2.24) is 4.98 Å². The fourth-order valence-electron chi connectivity index (χ4n) is 2.02. The predicted octanol–water partition coefficient (Wildman–Crippen LogP) is 1.91. The van der Waals surface area contributed by atoms with Gasteiger partial charge < -0.3 is 19.5 Å². The smallest absolute Gasteiger partial charge is 0.338 e. The topological polar surface area (TPSA) is 86.8 Å². The highest BCUT2D eigenvalue weighted by Crippen LogP contribution is 2.32. The number of hydrogen-bond acceptors (Lipinski definition) is 6. The summed E-state index contributed by atoms with van der Waals surface area (Å²) in [5, 5.41) is 2.59. The summed E-state index contributed by atoms with van der Waals surface area (Å²) in [6.07, 6.45) is 1.57. The lowest BCUT2D eigenvalue weighted by atomic mass is 10.2. The number of carbonyl (C=O) groups is 2. The van der Waals surface area contributed by atoms with E-state index in [2.05, 4.69) is 10.3 Å². The molecule has 0 unspecified atom stereocenters. The van der Waals surface area contributed by atoms with Gasteiger partial charge in [0.1, 0.15) is 5.82 Å². The van der Waals surface area contributed by atoms with Crippen molar-refractivity contribution in [2.75, 3.05) is 18.7 Å². The van der Waals surface area contributed by atoms with E-state index in [4.69, 9.17) is 14.2 Å². The van der Waals surface area contributed by atoms with Gasteiger partial charge in [-0.2, -0.15) is 0 Å². The first-order chi connectivity index (χ1) is 11.1. The summed E-state index contributed by atoms with van der Waals surface area (Å²) in [6, 6.07) is 8.28. The number of pyridine rings is 1. The van der Waals surface area contributed by atoms with Crippen LogP contribution in [0.2, 0.25) is 0 Å². The van der Waals surface area contributed by atoms with E-state index in [-0.39, 0.29) is 12.4 Å². The average molecular weight is 314 g/mol. The van der Waals surface area contributed by atoms with Crippen molar-refractivity contribution >= 4 is 17.7 Å². The van der Waals surface area contributed by atoms with Crippen molar-refractivity contribution in [2.24, 2.45) is 0 Å². The zero-order valence-corrected chi connectivity index (χ0v) is 12.4. The van der Waals surface area contributed by atoms with Crippen LogP contribution >= 0.6 is 0 Å². The number of rotatable bonds is 4. The standard InChI is InChI=1S/C16H14N2O5/c1-10-3-2-6-17-15(10)18-14(19)8-21-16(20)11-4-5-12-13(7-11)23-9-22-12/h2-7H,8-9H2,1H3,(H,17,18,19). The molecule has 0 bridgehead atoms. The van der Waals surface area contributed by atoms with Crippen molar-refractivity contribution in [3.63, 3.8) is 0 Å². The molecular weight excluding hydrogens is 300 g/mol. The third-order valence-corrected chi connectivity index (χ3v) is 3.21. The molecule has 23 heavy (non-hydrogen) atoms. The van der Waals surface area contributed by atoms with Crippen LogP contribution in [0.3, 0.4) is 0 Å². The molecule has 0 fully saturated rings. The molecule has 0 saturated heterocycles. The first-order valence-electron chi connectivity index (χ1n) is 6.92. The molecule has 0 saturated carbocycles. The SMILES string of the molecule is Cc1cccnc1NC(=O)COC(=O)c1ccc2c(c1)OCO2. The number of aromatic nitrogens is 1. The van der Waals surface area contributed by atoms with Crippen molar-refractivity contribution < 1.29 is 23.8 Å². The minimum absolute atomic E-state index is 0.125. The molecule has 1 aromatic heterocycles. The lowest BCUT2D eigenvalue weighted by Gasteiger charge is -2.08. The summed E-state index contributed by atoms with van der Waals surface area (Å²) in [7, 11) is 0. The molecule has 3 rings (SSSR count). The molecule has 2 aromatic rings. The van der Waals surface area contributed by atoms with Gasteiger partial charge in [0.15, 0.2) is 18.1 Å². The number of nitrogens with zero attached hydrogens (tertiary/aromatic N) is 1. The quantitative estimate of drug-likeness (QED) is 0.868. The predicted molar refractivity (Wildman–Crippen MR) is 80.5 cm³/mol. The molecule has 118 valence electrons. The van der Waals surface area contributed by atoms with Gasteiger partial charge in [0.05, 0.1) is 5.56 Å². The monoisotopic (exact) mass is 314 g/mol. The number of esters is 1. The Hall–Kier alpha value is -3.09. The van der Waals surface area contributed by atoms with E-state index in [0.29, 0.717) is 17.3 Å². The molecule has 1 aliphatic rings. The first kappa shape index (κ1) is 14.8. The molecule has 2 heterocycles. The van der Waals surface area contributed by atoms with E-state index in [9.17, 15) is 9.59 Å². The zero-order chi connectivity index (χ0) is 16.2. The van der Waals surface area contributed by atoms with Gasteiger partial charge in [-0.3, -0.25) is 4.79 Å². The Balaban J connectivity index is 1.56. The maximum absolute atomic E-state index is 12.0. The largest absolute Gasteiger partial charge is 0.454 e. The van der Waals surface area contributed by atoms with Crippen molar-refractivity contribution in [3.8, 4) is 11.5 Å². The van der Waals surface area contributed by atoms with Gasteiger partial charge in [-0.05, 0) is 36.8 Å². The molecule has 0 atom stereocenters. The van der Waals surface area contributed by atoms with Gasteiger partial charge in [-0.25, -0.2) is 9.78 Å². The maximum Gasteiger partial charge on any atom is 0.338 e. The van der Waals surface area contributed by atoms with Gasteiger partial charge in [0.25, 0.3) is 5.91 Å². The third-order valence-electron chi connectivity index (χ3n) is 3.21. The summed E-state index contributed by atoms with van der Waals surface area (Å²) in [4.78, 5) is 27.8. The Morgan fingerprint density at radius 2 is 2.09 bits per heavy atom. The highest BCUT2D eigenvalue weighted by Gasteiger charge is 2.17. The van der Waals surface area contributed by atoms with E-state index >= 15 is 0 Å². The normalized spacial score (nSPS) is 11.9. The number of fused-ring (bicyclic) bond motifs is 1. The van der Waals surface area contributed by atoms with Crippen LogP contribution in [0.5, 0.6) is 11.5 Å². The number of hydrogen-bond donors (Lipinski definition) is 1. The van der Waals surface area contributed by atoms with E-state index in [0.717, 1.165) is 5.56 Å². The Bertz CT molecular complexity index is 760. The first-order valence-corrected chi connectivity index (χ1v) is 6.92. The van der Waals surface area contributed by atoms with Crippen LogP contribution in [-0.2, 0) is 9.53 Å². The Morgan fingerprint density at radius 1 is 1.26 bits per heavy atom. The summed E-state index contributed by atoms with van der Waals surface area (Å²) in [6.45, 7) is 1.55. The van der Waals surface area contributed by atoms with Gasteiger partial charge in [-0.1, -0.05) is 6.07 Å². The number of carbonyl (C=O) groups excluding carboxylic acids is 2. The molecule has 1 aliphatic heterocycles. The lowest BCUT2D eigenvalue weighted by Crippen LogP contribution is -2.21. The number of ether oxygens (including phenoxy) is 3. The average Bonchev–Trinajstić information content (AvgIpc) is 3.02. The van der Waals surface area contributed by atoms with Gasteiger partial charge in [0, 0.05) is 6.20 Å². The fourth-order valence-corrected chi connectivity index (χ4v) is 2.02. The van der Waals surface area contributed by atoms with Crippen LogP contribution in [0.15, 0.2) is 36.5 Å². The minimum Gasteiger partial charge on any atom is -0.454 e. The van der Waals surface area contributed by atoms with Crippen LogP contribution in [-0.4, -0.2) is 30.3 Å². The number of amides is 1. The summed E-state index contributed by atoms with van der Waals surface area (Å²) in [5.74, 6) is 0.423. The number of benzene rings is 1. The van der Waals surface area contributed by atoms with E-state index in [1.54, 1.807) is 24.4 Å². The maximum atomic E-state index is 12.0. The molecule has 1 amide bonds. The van der Waals surface area contributed by atoms with E-state index < -0.39 is 18.5 Å². The Labute approximate surface area is 132 Å². The zero-order valence-electron chi connectivity index (χ0n) is 12.4. The molecule has 0 spiro atoms. The summed E-state index contributed by atoms with van der Waals surface area (Å²) in [5.41, 5.74) is 1.11. The Morgan fingerprint density at radius 3 is 2.91 bits per heavy atom. The molecular formula is C16H14N2O5. The molecule has 1 N–H and O–H groups in total. The van der Waals surface area contributed by atoms with Crippen LogP contribution in [0, 0.1) is 6.92 Å². The number of nitrogens with one attached hydrogen (secondary N) is 1. The van der Waals surface area contributed by atoms with Crippen LogP contribution in [0.4, 0.5) is 5.82 Å². The summed E-state index contributed by atoms with van der Waals surface area (Å²) < 4.78 is 15.3. The highest BCUT2D eigenvalue weighted by atomic mass is 16.7. The summed E-state index contributed by atoms with van der Waals surface area (Å²) >= 11 is 0. The molecule has 0 aliphatic carbocycles. The molecule has 0 radical (unpaired) electrons. The highest BCUT2D eigenvalue weighted by molar-refractivity contribution is 5.95. The van der Waals surface area contributed by atoms with Gasteiger partial charge in [-0.15, -0.1) is 0 Å². The third kappa shape index (κ3) is 3.39. The second-order valence-electron chi connectivity index (χ2n) is 4.86. The fraction of sp³-hybridized carbons (Fsp3) is 0.188. The van der Waals surface area contributed by atoms with Crippen LogP contribution in [0.1, 0.15) is 15.9 Å². The molecule has 1 aromatic carbocycles. The second kappa shape index (κ2) is 6.35. The second-order valence-corrected chi connectivity index (χ2v) is 4.86. The van der Waals surface area contributed by atoms with Crippen molar-refractivity contribution in [3.05, 3.63) is 47.7 Å². The minimum atomic E-state index is -0.615. The molecule has 7 heteroatoms. The van der Waals surface area contributed by atoms with E-state index in [1.807, 2.05) is 13.0 Å². The van der Waals surface area contributed by atoms with Crippen molar-refractivity contribution in [1.29, 1.82) is 0 Å².